The molecule has 10 nitrogen and oxygen atoms in total. The van der Waals surface area contributed by atoms with Gasteiger partial charge >= 0.3 is 0 Å². The lowest BCUT2D eigenvalue weighted by molar-refractivity contribution is -0.120. The predicted molar refractivity (Wildman–Crippen MR) is 110 cm³/mol. The lowest BCUT2D eigenvalue weighted by Crippen LogP contribution is -2.38. The highest BCUT2D eigenvalue weighted by molar-refractivity contribution is 5.94. The van der Waals surface area contributed by atoms with Gasteiger partial charge in [-0.05, 0) is 25.0 Å². The molecule has 3 heterocycles. The van der Waals surface area contributed by atoms with E-state index in [1.165, 1.54) is 12.7 Å². The number of methoxy groups -OCH3 is 2. The fourth-order valence-corrected chi connectivity index (χ4v) is 3.47. The number of hydrogen-bond acceptors (Lipinski definition) is 8. The average molecular weight is 409 g/mol. The fraction of sp³-hybridized carbons (Fsp3) is 0.350. The molecule has 0 aliphatic carbocycles. The quantitative estimate of drug-likeness (QED) is 0.658. The molecule has 10 heteroatoms. The third kappa shape index (κ3) is 4.17. The van der Waals surface area contributed by atoms with Gasteiger partial charge in [-0.15, -0.1) is 0 Å². The number of carbonyl (C=O) groups excluding carboxylic acids is 1. The summed E-state index contributed by atoms with van der Waals surface area (Å²) in [6, 6.07) is 7.21. The fourth-order valence-electron chi connectivity index (χ4n) is 3.47. The number of nitrogens with zero attached hydrogens (tertiary/aromatic N) is 6. The molecule has 0 radical (unpaired) electrons. The van der Waals surface area contributed by atoms with Crippen molar-refractivity contribution in [2.45, 2.75) is 12.8 Å². The van der Waals surface area contributed by atoms with E-state index < -0.39 is 0 Å². The van der Waals surface area contributed by atoms with Crippen LogP contribution in [-0.2, 0) is 4.79 Å². The highest BCUT2D eigenvalue weighted by Crippen LogP contribution is 2.30. The molecule has 1 N–H and O–H groups in total. The summed E-state index contributed by atoms with van der Waals surface area (Å²) in [5.74, 6) is 2.62. The van der Waals surface area contributed by atoms with Gasteiger partial charge in [-0.1, -0.05) is 0 Å². The van der Waals surface area contributed by atoms with Crippen molar-refractivity contribution in [2.75, 3.05) is 37.5 Å². The smallest absolute Gasteiger partial charge is 0.227 e. The zero-order valence-electron chi connectivity index (χ0n) is 16.9. The van der Waals surface area contributed by atoms with Gasteiger partial charge < -0.3 is 19.7 Å². The molecule has 1 aliphatic heterocycles. The summed E-state index contributed by atoms with van der Waals surface area (Å²) in [6.07, 6.45) is 6.03. The van der Waals surface area contributed by atoms with Crippen molar-refractivity contribution in [3.8, 4) is 17.3 Å². The molecule has 1 amide bonds. The number of rotatable bonds is 6. The van der Waals surface area contributed by atoms with E-state index >= 15 is 0 Å². The Hall–Kier alpha value is -3.69. The Morgan fingerprint density at radius 2 is 1.87 bits per heavy atom. The third-order valence-corrected chi connectivity index (χ3v) is 5.15. The van der Waals surface area contributed by atoms with E-state index in [0.717, 1.165) is 31.7 Å². The molecule has 156 valence electrons. The van der Waals surface area contributed by atoms with E-state index in [1.807, 2.05) is 6.07 Å². The zero-order valence-corrected chi connectivity index (χ0v) is 16.9. The number of carbonyl (C=O) groups is 1. The van der Waals surface area contributed by atoms with E-state index in [9.17, 15) is 4.79 Å². The topological polar surface area (TPSA) is 107 Å². The summed E-state index contributed by atoms with van der Waals surface area (Å²) in [6.45, 7) is 1.46. The first-order chi connectivity index (χ1) is 14.7. The molecular weight excluding hydrogens is 386 g/mol. The summed E-state index contributed by atoms with van der Waals surface area (Å²) in [5, 5.41) is 7.08. The molecule has 1 saturated heterocycles. The van der Waals surface area contributed by atoms with Crippen molar-refractivity contribution in [2.24, 2.45) is 5.92 Å². The highest BCUT2D eigenvalue weighted by Gasteiger charge is 2.26. The van der Waals surface area contributed by atoms with E-state index in [4.69, 9.17) is 9.47 Å². The Morgan fingerprint density at radius 1 is 1.07 bits per heavy atom. The first-order valence-corrected chi connectivity index (χ1v) is 9.63. The normalized spacial score (nSPS) is 14.4. The first kappa shape index (κ1) is 19.6. The molecule has 2 aromatic heterocycles. The number of piperidine rings is 1. The summed E-state index contributed by atoms with van der Waals surface area (Å²) in [4.78, 5) is 27.5. The maximum atomic E-state index is 12.8. The summed E-state index contributed by atoms with van der Waals surface area (Å²) >= 11 is 0. The maximum Gasteiger partial charge on any atom is 0.227 e. The Labute approximate surface area is 173 Å². The highest BCUT2D eigenvalue weighted by atomic mass is 16.5. The van der Waals surface area contributed by atoms with Gasteiger partial charge in [0.1, 0.15) is 36.3 Å². The summed E-state index contributed by atoms with van der Waals surface area (Å²) in [7, 11) is 3.16. The van der Waals surface area contributed by atoms with Crippen molar-refractivity contribution in [3.05, 3.63) is 43.2 Å². The summed E-state index contributed by atoms with van der Waals surface area (Å²) in [5.41, 5.74) is 0.638. The van der Waals surface area contributed by atoms with Gasteiger partial charge in [0.05, 0.1) is 19.9 Å². The number of nitrogens with one attached hydrogen (secondary N) is 1. The molecule has 0 atom stereocenters. The minimum Gasteiger partial charge on any atom is -0.497 e. The number of anilines is 2. The second kappa shape index (κ2) is 8.76. The lowest BCUT2D eigenvalue weighted by Gasteiger charge is -2.32. The standard InChI is InChI=1S/C20H23N7O3/c1-29-15-3-4-16(17(9-15)30-2)25-20(28)14-5-7-26(8-6-14)18-10-19(23-12-22-18)27-13-21-11-24-27/h3-4,9-14H,5-8H2,1-2H3,(H,25,28). The maximum absolute atomic E-state index is 12.8. The molecule has 0 spiro atoms. The molecule has 1 fully saturated rings. The van der Waals surface area contributed by atoms with E-state index in [2.05, 4.69) is 30.3 Å². The largest absolute Gasteiger partial charge is 0.497 e. The van der Waals surface area contributed by atoms with Crippen LogP contribution < -0.4 is 19.7 Å². The number of aromatic nitrogens is 5. The average Bonchev–Trinajstić information content (AvgIpc) is 3.34. The van der Waals surface area contributed by atoms with Crippen molar-refractivity contribution in [3.63, 3.8) is 0 Å². The molecule has 1 aliphatic rings. The molecule has 4 rings (SSSR count). The number of hydrogen-bond donors (Lipinski definition) is 1. The van der Waals surface area contributed by atoms with Gasteiger partial charge in [-0.25, -0.2) is 19.6 Å². The lowest BCUT2D eigenvalue weighted by atomic mass is 9.95. The van der Waals surface area contributed by atoms with Crippen LogP contribution >= 0.6 is 0 Å². The first-order valence-electron chi connectivity index (χ1n) is 9.63. The van der Waals surface area contributed by atoms with Crippen LogP contribution in [0.5, 0.6) is 11.5 Å². The monoisotopic (exact) mass is 409 g/mol. The second-order valence-electron chi connectivity index (χ2n) is 6.89. The predicted octanol–water partition coefficient (Wildman–Crippen LogP) is 1.93. The van der Waals surface area contributed by atoms with Gasteiger partial charge in [0.15, 0.2) is 5.82 Å². The van der Waals surface area contributed by atoms with Crippen LogP contribution in [0.3, 0.4) is 0 Å². The van der Waals surface area contributed by atoms with Crippen LogP contribution in [0.1, 0.15) is 12.8 Å². The molecule has 3 aromatic rings. The van der Waals surface area contributed by atoms with Gasteiger partial charge in [-0.2, -0.15) is 5.10 Å². The molecule has 0 unspecified atom stereocenters. The number of amides is 1. The minimum atomic E-state index is -0.0790. The number of benzene rings is 1. The van der Waals surface area contributed by atoms with E-state index in [1.54, 1.807) is 43.4 Å². The van der Waals surface area contributed by atoms with Crippen molar-refractivity contribution in [1.82, 2.24) is 24.7 Å². The van der Waals surface area contributed by atoms with E-state index in [-0.39, 0.29) is 11.8 Å². The van der Waals surface area contributed by atoms with Crippen LogP contribution in [0.25, 0.3) is 5.82 Å². The molecule has 30 heavy (non-hydrogen) atoms. The Bertz CT molecular complexity index is 1000. The van der Waals surface area contributed by atoms with Crippen LogP contribution in [0.2, 0.25) is 0 Å². The van der Waals surface area contributed by atoms with Crippen molar-refractivity contribution < 1.29 is 14.3 Å². The molecular formula is C20H23N7O3. The van der Waals surface area contributed by atoms with Crippen LogP contribution in [0, 0.1) is 5.92 Å². The van der Waals surface area contributed by atoms with Crippen LogP contribution in [-0.4, -0.2) is 57.9 Å². The summed E-state index contributed by atoms with van der Waals surface area (Å²) < 4.78 is 12.2. The van der Waals surface area contributed by atoms with Gasteiger partial charge in [0.25, 0.3) is 0 Å². The van der Waals surface area contributed by atoms with Crippen LogP contribution in [0.15, 0.2) is 43.2 Å². The Morgan fingerprint density at radius 3 is 2.57 bits per heavy atom. The Balaban J connectivity index is 1.38. The molecule has 0 saturated carbocycles. The zero-order chi connectivity index (χ0) is 20.9. The number of ether oxygens (including phenoxy) is 2. The second-order valence-corrected chi connectivity index (χ2v) is 6.89. The Kier molecular flexibility index (Phi) is 5.73. The van der Waals surface area contributed by atoms with Gasteiger partial charge in [0.2, 0.25) is 5.91 Å². The van der Waals surface area contributed by atoms with Crippen LogP contribution in [0.4, 0.5) is 11.5 Å². The van der Waals surface area contributed by atoms with Gasteiger partial charge in [-0.3, -0.25) is 4.79 Å². The molecule has 0 bridgehead atoms. The van der Waals surface area contributed by atoms with Crippen molar-refractivity contribution in [1.29, 1.82) is 0 Å². The van der Waals surface area contributed by atoms with E-state index in [0.29, 0.717) is 23.0 Å². The van der Waals surface area contributed by atoms with Gasteiger partial charge in [0, 0.05) is 31.1 Å². The molecule has 1 aromatic carbocycles. The van der Waals surface area contributed by atoms with Crippen molar-refractivity contribution >= 4 is 17.4 Å². The third-order valence-electron chi connectivity index (χ3n) is 5.15. The minimum absolute atomic E-state index is 0.0101. The SMILES string of the molecule is COc1ccc(NC(=O)C2CCN(c3cc(-n4cncn4)ncn3)CC2)c(OC)c1.